The van der Waals surface area contributed by atoms with Gasteiger partial charge >= 0.3 is 17.9 Å². The molecule has 0 bridgehead atoms. The second kappa shape index (κ2) is 22.0. The molecule has 0 aliphatic rings. The maximum absolute atomic E-state index is 11.9. The first-order valence-electron chi connectivity index (χ1n) is 15.3. The van der Waals surface area contributed by atoms with E-state index >= 15 is 0 Å². The van der Waals surface area contributed by atoms with Gasteiger partial charge in [-0.3, -0.25) is 14.4 Å². The van der Waals surface area contributed by atoms with Crippen molar-refractivity contribution < 1.29 is 34.2 Å². The molecule has 0 fully saturated rings. The third-order valence-corrected chi connectivity index (χ3v) is 8.14. The second-order valence-corrected chi connectivity index (χ2v) is 11.3. The number of hydrogen-bond acceptors (Lipinski definition) is 3. The van der Waals surface area contributed by atoms with E-state index < -0.39 is 35.7 Å². The van der Waals surface area contributed by atoms with Crippen molar-refractivity contribution in [2.45, 2.75) is 124 Å². The Balaban J connectivity index is 4.99. The van der Waals surface area contributed by atoms with Gasteiger partial charge in [0.1, 0.15) is 17.8 Å². The van der Waals surface area contributed by atoms with Crippen LogP contribution in [0.25, 0.3) is 0 Å². The first kappa shape index (κ1) is 36.1. The summed E-state index contributed by atoms with van der Waals surface area (Å²) in [6.07, 6.45) is 18.8. The lowest BCUT2D eigenvalue weighted by Gasteiger charge is -2.43. The first-order chi connectivity index (χ1) is 18.2. The Bertz CT molecular complexity index is 605. The molecule has 0 spiro atoms. The summed E-state index contributed by atoms with van der Waals surface area (Å²) in [6.45, 7) is 10.7. The lowest BCUT2D eigenvalue weighted by Crippen LogP contribution is -2.58. The minimum Gasteiger partial charge on any atom is -0.481 e. The summed E-state index contributed by atoms with van der Waals surface area (Å²) in [7, 11) is 0. The predicted octanol–water partition coefficient (Wildman–Crippen LogP) is 7.39. The largest absolute Gasteiger partial charge is 0.481 e. The van der Waals surface area contributed by atoms with E-state index in [9.17, 15) is 29.7 Å². The molecular weight excluding hydrogens is 482 g/mol. The zero-order chi connectivity index (χ0) is 28.8. The second-order valence-electron chi connectivity index (χ2n) is 11.3. The van der Waals surface area contributed by atoms with Crippen molar-refractivity contribution in [3.63, 3.8) is 0 Å². The molecule has 0 heterocycles. The Hall–Kier alpha value is -1.89. The molecule has 0 radical (unpaired) electrons. The third-order valence-electron chi connectivity index (χ3n) is 8.14. The number of carbonyl (C=O) groups is 3. The molecule has 0 aliphatic carbocycles. The Labute approximate surface area is 232 Å². The lowest BCUT2D eigenvalue weighted by atomic mass is 9.95. The van der Waals surface area contributed by atoms with Crippen LogP contribution < -0.4 is 0 Å². The summed E-state index contributed by atoms with van der Waals surface area (Å²) in [4.78, 5) is 35.8. The molecule has 0 aromatic heterocycles. The molecule has 0 saturated heterocycles. The summed E-state index contributed by atoms with van der Waals surface area (Å²) in [5, 5.41) is 29.4. The molecule has 0 amide bonds. The van der Waals surface area contributed by atoms with Gasteiger partial charge in [0.05, 0.1) is 26.2 Å². The molecule has 7 heteroatoms. The van der Waals surface area contributed by atoms with Crippen molar-refractivity contribution >= 4 is 17.9 Å². The van der Waals surface area contributed by atoms with Crippen LogP contribution in [0, 0.1) is 17.8 Å². The fraction of sp³-hybridized carbons (Fsp3) is 0.839. The van der Waals surface area contributed by atoms with E-state index in [-0.39, 0.29) is 24.1 Å². The maximum atomic E-state index is 11.9. The number of hydrogen-bond donors (Lipinski definition) is 3. The minimum atomic E-state index is -0.890. The fourth-order valence-electron chi connectivity index (χ4n) is 5.55. The van der Waals surface area contributed by atoms with Gasteiger partial charge in [0.25, 0.3) is 0 Å². The van der Waals surface area contributed by atoms with Gasteiger partial charge < -0.3 is 19.8 Å². The van der Waals surface area contributed by atoms with E-state index in [2.05, 4.69) is 6.58 Å². The Kier molecular flexibility index (Phi) is 20.9. The van der Waals surface area contributed by atoms with Gasteiger partial charge in [0, 0.05) is 0 Å². The highest BCUT2D eigenvalue weighted by molar-refractivity contribution is 5.71. The molecular formula is C31H58NO6+. The third kappa shape index (κ3) is 16.2. The highest BCUT2D eigenvalue weighted by atomic mass is 16.4. The van der Waals surface area contributed by atoms with Gasteiger partial charge in [0.2, 0.25) is 0 Å². The number of nitrogens with zero attached hydrogens (tertiary/aromatic N) is 1. The summed E-state index contributed by atoms with van der Waals surface area (Å²) in [6, 6.07) is 0. The Morgan fingerprint density at radius 2 is 0.868 bits per heavy atom. The number of unbranched alkanes of at least 4 members (excludes halogenated alkanes) is 12. The van der Waals surface area contributed by atoms with E-state index in [1.807, 2.05) is 26.8 Å². The number of rotatable bonds is 27. The predicted molar refractivity (Wildman–Crippen MR) is 154 cm³/mol. The van der Waals surface area contributed by atoms with Crippen LogP contribution in [0.4, 0.5) is 0 Å². The number of allylic oxidation sites excluding steroid dienone is 1. The van der Waals surface area contributed by atoms with Crippen LogP contribution in [0.3, 0.4) is 0 Å². The Morgan fingerprint density at radius 3 is 1.13 bits per heavy atom. The minimum absolute atomic E-state index is 0.257. The first-order valence-corrected chi connectivity index (χ1v) is 15.3. The van der Waals surface area contributed by atoms with Gasteiger partial charge in [-0.15, -0.1) is 6.58 Å². The van der Waals surface area contributed by atoms with Crippen molar-refractivity contribution in [1.29, 1.82) is 0 Å². The molecule has 0 aromatic carbocycles. The van der Waals surface area contributed by atoms with Crippen molar-refractivity contribution in [2.24, 2.45) is 17.8 Å². The number of carboxylic acid groups (broad SMARTS) is 3. The molecule has 7 nitrogen and oxygen atoms in total. The van der Waals surface area contributed by atoms with Crippen LogP contribution in [0.15, 0.2) is 12.7 Å². The van der Waals surface area contributed by atoms with Gasteiger partial charge in [-0.1, -0.05) is 84.6 Å². The summed E-state index contributed by atoms with van der Waals surface area (Å²) < 4.78 is 0.257. The molecule has 0 saturated carbocycles. The molecule has 0 aromatic rings. The van der Waals surface area contributed by atoms with Crippen molar-refractivity contribution in [3.8, 4) is 0 Å². The van der Waals surface area contributed by atoms with Crippen LogP contribution in [-0.4, -0.2) is 63.9 Å². The van der Waals surface area contributed by atoms with Crippen LogP contribution in [0.2, 0.25) is 0 Å². The standard InChI is InChI=1S/C31H57NO6/c1-5-9-10-11-12-13-14-15-16-17-18-19-20-21-22-32(23-26(6-2)29(33)34,24-27(7-3)30(35)36)25-28(8-4)31(37)38/h5,26-28H,1,6-25H2,2-4H3,(H2-,33,34,35,36,37,38)/p+1. The quantitative estimate of drug-likeness (QED) is 0.0569. The maximum Gasteiger partial charge on any atom is 0.312 e. The van der Waals surface area contributed by atoms with E-state index in [0.717, 1.165) is 25.7 Å². The number of aliphatic carboxylic acids is 3. The zero-order valence-electron chi connectivity index (χ0n) is 24.7. The van der Waals surface area contributed by atoms with E-state index in [4.69, 9.17) is 0 Å². The summed E-state index contributed by atoms with van der Waals surface area (Å²) in [5.41, 5.74) is 0. The summed E-state index contributed by atoms with van der Waals surface area (Å²) >= 11 is 0. The van der Waals surface area contributed by atoms with Gasteiger partial charge in [0.15, 0.2) is 0 Å². The molecule has 3 atom stereocenters. The lowest BCUT2D eigenvalue weighted by molar-refractivity contribution is -0.935. The normalized spacial score (nSPS) is 15.3. The monoisotopic (exact) mass is 540 g/mol. The summed E-state index contributed by atoms with van der Waals surface area (Å²) in [5.74, 6) is -4.52. The van der Waals surface area contributed by atoms with Crippen molar-refractivity contribution in [1.82, 2.24) is 0 Å². The molecule has 38 heavy (non-hydrogen) atoms. The van der Waals surface area contributed by atoms with E-state index in [1.165, 1.54) is 57.8 Å². The zero-order valence-corrected chi connectivity index (χ0v) is 24.7. The van der Waals surface area contributed by atoms with Crippen molar-refractivity contribution in [2.75, 3.05) is 26.2 Å². The van der Waals surface area contributed by atoms with Gasteiger partial charge in [-0.05, 0) is 44.9 Å². The highest BCUT2D eigenvalue weighted by Gasteiger charge is 2.40. The number of quaternary nitrogens is 1. The molecule has 3 N–H and O–H groups in total. The van der Waals surface area contributed by atoms with Crippen LogP contribution in [0.1, 0.15) is 124 Å². The van der Waals surface area contributed by atoms with Crippen LogP contribution in [0.5, 0.6) is 0 Å². The van der Waals surface area contributed by atoms with Gasteiger partial charge in [-0.2, -0.15) is 0 Å². The fourth-order valence-corrected chi connectivity index (χ4v) is 5.55. The highest BCUT2D eigenvalue weighted by Crippen LogP contribution is 2.25. The number of carboxylic acids is 3. The van der Waals surface area contributed by atoms with Crippen molar-refractivity contribution in [3.05, 3.63) is 12.7 Å². The molecule has 222 valence electrons. The smallest absolute Gasteiger partial charge is 0.312 e. The average molecular weight is 541 g/mol. The molecule has 0 rings (SSSR count). The van der Waals surface area contributed by atoms with E-state index in [0.29, 0.717) is 25.8 Å². The molecule has 3 unspecified atom stereocenters. The topological polar surface area (TPSA) is 112 Å². The average Bonchev–Trinajstić information content (AvgIpc) is 2.88. The molecule has 0 aliphatic heterocycles. The van der Waals surface area contributed by atoms with Crippen LogP contribution in [-0.2, 0) is 14.4 Å². The Morgan fingerprint density at radius 1 is 0.579 bits per heavy atom. The van der Waals surface area contributed by atoms with E-state index in [1.54, 1.807) is 0 Å². The van der Waals surface area contributed by atoms with Crippen LogP contribution >= 0.6 is 0 Å². The SMILES string of the molecule is C=CCCCCCCCCCCCCCC[N+](CC(CC)C(=O)O)(CC(CC)C(=O)O)CC(CC)C(=O)O. The van der Waals surface area contributed by atoms with Gasteiger partial charge in [-0.25, -0.2) is 0 Å².